The maximum atomic E-state index is 13.2. The lowest BCUT2D eigenvalue weighted by Crippen LogP contribution is -2.08. The summed E-state index contributed by atoms with van der Waals surface area (Å²) in [7, 11) is 0. The van der Waals surface area contributed by atoms with Gasteiger partial charge in [-0.2, -0.15) is 11.8 Å². The smallest absolute Gasteiger partial charge is 0.342 e. The lowest BCUT2D eigenvalue weighted by atomic mass is 10.2. The molecule has 0 saturated heterocycles. The van der Waals surface area contributed by atoms with Crippen LogP contribution < -0.4 is 4.74 Å². The van der Waals surface area contributed by atoms with Gasteiger partial charge in [-0.3, -0.25) is 0 Å². The van der Waals surface area contributed by atoms with Crippen LogP contribution in [0.25, 0.3) is 0 Å². The Hall–Kier alpha value is -1.23. The molecule has 0 aliphatic heterocycles. The van der Waals surface area contributed by atoms with E-state index in [1.807, 2.05) is 6.92 Å². The van der Waals surface area contributed by atoms with Crippen LogP contribution in [0.3, 0.4) is 0 Å². The minimum Gasteiger partial charge on any atom is -0.492 e. The first-order chi connectivity index (χ1) is 7.66. The molecular weight excluding hydrogens is 231 g/mol. The third-order valence-corrected chi connectivity index (χ3v) is 2.74. The van der Waals surface area contributed by atoms with Gasteiger partial charge in [0.2, 0.25) is 0 Å². The van der Waals surface area contributed by atoms with Gasteiger partial charge >= 0.3 is 5.97 Å². The van der Waals surface area contributed by atoms with E-state index in [0.717, 1.165) is 17.6 Å². The molecule has 5 heteroatoms. The SMILES string of the molecule is CCSCCOc1cccc(F)c1C(=O)O. The predicted molar refractivity (Wildman–Crippen MR) is 61.9 cm³/mol. The number of carboxylic acids is 1. The van der Waals surface area contributed by atoms with Crippen LogP contribution in [0.4, 0.5) is 4.39 Å². The van der Waals surface area contributed by atoms with Crippen LogP contribution in [-0.4, -0.2) is 29.2 Å². The van der Waals surface area contributed by atoms with Gasteiger partial charge in [0.05, 0.1) is 6.61 Å². The number of hydrogen-bond donors (Lipinski definition) is 1. The van der Waals surface area contributed by atoms with Crippen molar-refractivity contribution in [1.82, 2.24) is 0 Å². The average Bonchev–Trinajstić information content (AvgIpc) is 2.24. The van der Waals surface area contributed by atoms with Crippen LogP contribution in [0.5, 0.6) is 5.75 Å². The van der Waals surface area contributed by atoms with Gasteiger partial charge in [0.1, 0.15) is 17.1 Å². The standard InChI is InChI=1S/C11H13FO3S/c1-2-16-7-6-15-9-5-3-4-8(12)10(9)11(13)14/h3-5H,2,6-7H2,1H3,(H,13,14). The summed E-state index contributed by atoms with van der Waals surface area (Å²) in [6, 6.07) is 4.00. The number of halogens is 1. The molecule has 0 bridgehead atoms. The van der Waals surface area contributed by atoms with Gasteiger partial charge in [-0.25, -0.2) is 9.18 Å². The predicted octanol–water partition coefficient (Wildman–Crippen LogP) is 2.66. The zero-order chi connectivity index (χ0) is 12.0. The average molecular weight is 244 g/mol. The van der Waals surface area contributed by atoms with Gasteiger partial charge in [0, 0.05) is 5.75 Å². The van der Waals surface area contributed by atoms with Crippen molar-refractivity contribution in [2.45, 2.75) is 6.92 Å². The van der Waals surface area contributed by atoms with Crippen molar-refractivity contribution >= 4 is 17.7 Å². The highest BCUT2D eigenvalue weighted by atomic mass is 32.2. The molecule has 1 N–H and O–H groups in total. The quantitative estimate of drug-likeness (QED) is 0.781. The number of hydrogen-bond acceptors (Lipinski definition) is 3. The van der Waals surface area contributed by atoms with Crippen molar-refractivity contribution in [3.05, 3.63) is 29.6 Å². The highest BCUT2D eigenvalue weighted by Gasteiger charge is 2.16. The zero-order valence-corrected chi connectivity index (χ0v) is 9.72. The van der Waals surface area contributed by atoms with E-state index in [-0.39, 0.29) is 5.75 Å². The van der Waals surface area contributed by atoms with Crippen LogP contribution in [0.2, 0.25) is 0 Å². The Kier molecular flexibility index (Phi) is 5.11. The van der Waals surface area contributed by atoms with E-state index in [0.29, 0.717) is 6.61 Å². The fraction of sp³-hybridized carbons (Fsp3) is 0.364. The topological polar surface area (TPSA) is 46.5 Å². The fourth-order valence-electron chi connectivity index (χ4n) is 1.19. The van der Waals surface area contributed by atoms with Crippen molar-refractivity contribution < 1.29 is 19.0 Å². The van der Waals surface area contributed by atoms with Gasteiger partial charge in [-0.05, 0) is 17.9 Å². The maximum absolute atomic E-state index is 13.2. The van der Waals surface area contributed by atoms with E-state index < -0.39 is 17.3 Å². The van der Waals surface area contributed by atoms with Crippen molar-refractivity contribution in [1.29, 1.82) is 0 Å². The molecule has 0 heterocycles. The van der Waals surface area contributed by atoms with E-state index in [1.54, 1.807) is 11.8 Å². The van der Waals surface area contributed by atoms with E-state index in [9.17, 15) is 9.18 Å². The van der Waals surface area contributed by atoms with Gasteiger partial charge in [0.25, 0.3) is 0 Å². The molecule has 88 valence electrons. The lowest BCUT2D eigenvalue weighted by molar-refractivity contribution is 0.0687. The largest absolute Gasteiger partial charge is 0.492 e. The molecule has 1 aromatic rings. The number of ether oxygens (including phenoxy) is 1. The molecule has 0 spiro atoms. The molecule has 0 saturated carbocycles. The molecule has 0 aliphatic carbocycles. The van der Waals surface area contributed by atoms with Gasteiger partial charge in [-0.1, -0.05) is 13.0 Å². The van der Waals surface area contributed by atoms with Crippen LogP contribution in [0.1, 0.15) is 17.3 Å². The fourth-order valence-corrected chi connectivity index (χ4v) is 1.68. The molecule has 16 heavy (non-hydrogen) atoms. The molecule has 0 radical (unpaired) electrons. The molecule has 0 aromatic heterocycles. The van der Waals surface area contributed by atoms with Crippen molar-refractivity contribution in [3.8, 4) is 5.75 Å². The van der Waals surface area contributed by atoms with Gasteiger partial charge in [-0.15, -0.1) is 0 Å². The number of aromatic carboxylic acids is 1. The van der Waals surface area contributed by atoms with Gasteiger partial charge in [0.15, 0.2) is 0 Å². The van der Waals surface area contributed by atoms with Crippen LogP contribution in [0, 0.1) is 5.82 Å². The lowest BCUT2D eigenvalue weighted by Gasteiger charge is -2.08. The molecule has 3 nitrogen and oxygen atoms in total. The van der Waals surface area contributed by atoms with Crippen molar-refractivity contribution in [3.63, 3.8) is 0 Å². The first-order valence-electron chi connectivity index (χ1n) is 4.89. The van der Waals surface area contributed by atoms with Gasteiger partial charge < -0.3 is 9.84 Å². The second kappa shape index (κ2) is 6.37. The molecule has 0 amide bonds. The van der Waals surface area contributed by atoms with Crippen LogP contribution in [-0.2, 0) is 0 Å². The summed E-state index contributed by atoms with van der Waals surface area (Å²) in [5.74, 6) is -0.265. The van der Waals surface area contributed by atoms with E-state index in [2.05, 4.69) is 0 Å². The number of carboxylic acid groups (broad SMARTS) is 1. The molecular formula is C11H13FO3S. The summed E-state index contributed by atoms with van der Waals surface area (Å²) in [5, 5.41) is 8.82. The Bertz CT molecular complexity index is 368. The first kappa shape index (κ1) is 12.8. The molecule has 1 aromatic carbocycles. The second-order valence-electron chi connectivity index (χ2n) is 2.96. The minimum atomic E-state index is -1.31. The third-order valence-electron chi connectivity index (χ3n) is 1.88. The minimum absolute atomic E-state index is 0.0872. The Morgan fingerprint density at radius 3 is 2.94 bits per heavy atom. The van der Waals surface area contributed by atoms with Crippen LogP contribution >= 0.6 is 11.8 Å². The maximum Gasteiger partial charge on any atom is 0.342 e. The normalized spacial score (nSPS) is 10.1. The Labute approximate surface area is 97.6 Å². The number of rotatable bonds is 6. The van der Waals surface area contributed by atoms with Crippen molar-refractivity contribution in [2.24, 2.45) is 0 Å². The van der Waals surface area contributed by atoms with Crippen molar-refractivity contribution in [2.75, 3.05) is 18.1 Å². The number of thioether (sulfide) groups is 1. The summed E-state index contributed by atoms with van der Waals surface area (Å²) in [4.78, 5) is 10.8. The molecule has 0 atom stereocenters. The highest BCUT2D eigenvalue weighted by molar-refractivity contribution is 7.99. The summed E-state index contributed by atoms with van der Waals surface area (Å²) in [6.07, 6.45) is 0. The molecule has 1 rings (SSSR count). The highest BCUT2D eigenvalue weighted by Crippen LogP contribution is 2.21. The monoisotopic (exact) mass is 244 g/mol. The van der Waals surface area contributed by atoms with E-state index >= 15 is 0 Å². The summed E-state index contributed by atoms with van der Waals surface area (Å²) < 4.78 is 18.4. The summed E-state index contributed by atoms with van der Waals surface area (Å²) in [6.45, 7) is 2.40. The summed E-state index contributed by atoms with van der Waals surface area (Å²) >= 11 is 1.68. The zero-order valence-electron chi connectivity index (χ0n) is 8.90. The first-order valence-corrected chi connectivity index (χ1v) is 6.04. The second-order valence-corrected chi connectivity index (χ2v) is 4.36. The summed E-state index contributed by atoms with van der Waals surface area (Å²) in [5.41, 5.74) is -0.399. The van der Waals surface area contributed by atoms with E-state index in [1.165, 1.54) is 12.1 Å². The third kappa shape index (κ3) is 3.41. The van der Waals surface area contributed by atoms with E-state index in [4.69, 9.17) is 9.84 Å². The Balaban J connectivity index is 2.71. The van der Waals surface area contributed by atoms with Crippen LogP contribution in [0.15, 0.2) is 18.2 Å². The molecule has 0 aliphatic rings. The Morgan fingerprint density at radius 1 is 1.56 bits per heavy atom. The molecule has 0 unspecified atom stereocenters. The molecule has 0 fully saturated rings. The number of benzene rings is 1. The number of carbonyl (C=O) groups is 1. The Morgan fingerprint density at radius 2 is 2.31 bits per heavy atom.